The first-order valence-electron chi connectivity index (χ1n) is 6.90. The minimum Gasteiger partial charge on any atom is -0.393 e. The van der Waals surface area contributed by atoms with E-state index in [0.29, 0.717) is 12.1 Å². The molecule has 3 nitrogen and oxygen atoms in total. The van der Waals surface area contributed by atoms with Crippen LogP contribution in [0.25, 0.3) is 0 Å². The van der Waals surface area contributed by atoms with Crippen LogP contribution in [0.2, 0.25) is 0 Å². The van der Waals surface area contributed by atoms with E-state index in [0.717, 1.165) is 25.0 Å². The van der Waals surface area contributed by atoms with Crippen LogP contribution >= 0.6 is 11.8 Å². The Hall–Kier alpha value is -1.00. The fourth-order valence-electron chi connectivity index (χ4n) is 2.45. The van der Waals surface area contributed by atoms with Crippen LogP contribution in [0.5, 0.6) is 0 Å². The molecule has 4 heteroatoms. The van der Waals surface area contributed by atoms with Crippen LogP contribution in [-0.4, -0.2) is 29.4 Å². The van der Waals surface area contributed by atoms with E-state index in [1.54, 1.807) is 11.8 Å². The molecule has 0 bridgehead atoms. The summed E-state index contributed by atoms with van der Waals surface area (Å²) < 4.78 is 0. The number of hydrogen-bond donors (Lipinski definition) is 2. The van der Waals surface area contributed by atoms with Crippen molar-refractivity contribution in [3.63, 3.8) is 0 Å². The summed E-state index contributed by atoms with van der Waals surface area (Å²) in [5.41, 5.74) is 0.688. The lowest BCUT2D eigenvalue weighted by molar-refractivity contribution is 0.0916. The van der Waals surface area contributed by atoms with Crippen molar-refractivity contribution in [2.45, 2.75) is 37.2 Å². The van der Waals surface area contributed by atoms with Gasteiger partial charge in [-0.1, -0.05) is 13.3 Å². The third-order valence-corrected chi connectivity index (χ3v) is 4.47. The largest absolute Gasteiger partial charge is 0.393 e. The summed E-state index contributed by atoms with van der Waals surface area (Å²) in [6, 6.07) is 7.68. The van der Waals surface area contributed by atoms with Crippen molar-refractivity contribution in [3.05, 3.63) is 29.8 Å². The summed E-state index contributed by atoms with van der Waals surface area (Å²) >= 11 is 1.76. The summed E-state index contributed by atoms with van der Waals surface area (Å²) in [7, 11) is 0. The van der Waals surface area contributed by atoms with E-state index < -0.39 is 0 Å². The molecular formula is C15H21NO2S. The van der Waals surface area contributed by atoms with Gasteiger partial charge in [0.2, 0.25) is 0 Å². The summed E-state index contributed by atoms with van der Waals surface area (Å²) in [4.78, 5) is 13.2. The van der Waals surface area contributed by atoms with Gasteiger partial charge < -0.3 is 10.4 Å². The van der Waals surface area contributed by atoms with Gasteiger partial charge in [0, 0.05) is 22.9 Å². The fourth-order valence-corrected chi connectivity index (χ4v) is 3.11. The van der Waals surface area contributed by atoms with Gasteiger partial charge >= 0.3 is 0 Å². The van der Waals surface area contributed by atoms with E-state index >= 15 is 0 Å². The first-order valence-corrected chi connectivity index (χ1v) is 7.88. The van der Waals surface area contributed by atoms with Gasteiger partial charge in [-0.05, 0) is 42.9 Å². The first kappa shape index (κ1) is 14.4. The molecule has 0 saturated heterocycles. The maximum absolute atomic E-state index is 12.0. The Labute approximate surface area is 118 Å². The number of thioether (sulfide) groups is 1. The predicted molar refractivity (Wildman–Crippen MR) is 78.5 cm³/mol. The minimum atomic E-state index is -0.247. The van der Waals surface area contributed by atoms with E-state index in [9.17, 15) is 9.90 Å². The molecule has 2 unspecified atom stereocenters. The van der Waals surface area contributed by atoms with Gasteiger partial charge in [0.1, 0.15) is 0 Å². The molecule has 0 radical (unpaired) electrons. The molecular weight excluding hydrogens is 258 g/mol. The number of aliphatic hydroxyl groups excluding tert-OH is 1. The summed E-state index contributed by atoms with van der Waals surface area (Å²) in [6.07, 6.45) is 2.69. The molecule has 1 fully saturated rings. The fraction of sp³-hybridized carbons (Fsp3) is 0.533. The highest BCUT2D eigenvalue weighted by atomic mass is 32.2. The van der Waals surface area contributed by atoms with Crippen LogP contribution in [0, 0.1) is 5.92 Å². The molecule has 1 aromatic carbocycles. The average molecular weight is 279 g/mol. The van der Waals surface area contributed by atoms with Crippen molar-refractivity contribution in [3.8, 4) is 0 Å². The number of aliphatic hydroxyl groups is 1. The van der Waals surface area contributed by atoms with E-state index in [2.05, 4.69) is 12.2 Å². The highest BCUT2D eigenvalue weighted by molar-refractivity contribution is 7.99. The standard InChI is InChI=1S/C15H21NO2S/c1-2-19-13-8-6-11(7-9-13)15(18)16-10-12-4-3-5-14(12)17/h6-9,12,14,17H,2-5,10H2,1H3,(H,16,18). The lowest BCUT2D eigenvalue weighted by Crippen LogP contribution is -2.32. The van der Waals surface area contributed by atoms with Crippen LogP contribution in [0.1, 0.15) is 36.5 Å². The van der Waals surface area contributed by atoms with Gasteiger partial charge in [-0.25, -0.2) is 0 Å². The molecule has 0 spiro atoms. The van der Waals surface area contributed by atoms with Gasteiger partial charge in [-0.15, -0.1) is 11.8 Å². The summed E-state index contributed by atoms with van der Waals surface area (Å²) in [5.74, 6) is 1.21. The maximum Gasteiger partial charge on any atom is 0.251 e. The quantitative estimate of drug-likeness (QED) is 0.815. The van der Waals surface area contributed by atoms with Crippen LogP contribution in [0.3, 0.4) is 0 Å². The van der Waals surface area contributed by atoms with Crippen molar-refractivity contribution >= 4 is 17.7 Å². The number of carbonyl (C=O) groups excluding carboxylic acids is 1. The molecule has 2 atom stereocenters. The molecule has 2 N–H and O–H groups in total. The Bertz CT molecular complexity index is 419. The first-order chi connectivity index (χ1) is 9.20. The molecule has 1 aliphatic rings. The van der Waals surface area contributed by atoms with E-state index in [4.69, 9.17) is 0 Å². The van der Waals surface area contributed by atoms with Crippen molar-refractivity contribution < 1.29 is 9.90 Å². The van der Waals surface area contributed by atoms with Crippen LogP contribution in [0.4, 0.5) is 0 Å². The molecule has 0 aliphatic heterocycles. The van der Waals surface area contributed by atoms with E-state index in [-0.39, 0.29) is 17.9 Å². The molecule has 104 valence electrons. The SMILES string of the molecule is CCSc1ccc(C(=O)NCC2CCCC2O)cc1. The van der Waals surface area contributed by atoms with Gasteiger partial charge in [0.15, 0.2) is 0 Å². The summed E-state index contributed by atoms with van der Waals surface area (Å²) in [6.45, 7) is 2.68. The number of nitrogens with one attached hydrogen (secondary N) is 1. The third kappa shape index (κ3) is 3.98. The number of hydrogen-bond acceptors (Lipinski definition) is 3. The molecule has 0 heterocycles. The molecule has 1 aromatic rings. The monoisotopic (exact) mass is 279 g/mol. The Morgan fingerprint density at radius 3 is 2.68 bits per heavy atom. The second-order valence-corrected chi connectivity index (χ2v) is 6.26. The molecule has 1 saturated carbocycles. The predicted octanol–water partition coefficient (Wildman–Crippen LogP) is 2.69. The molecule has 2 rings (SSSR count). The average Bonchev–Trinajstić information content (AvgIpc) is 2.83. The lowest BCUT2D eigenvalue weighted by Gasteiger charge is -2.15. The number of carbonyl (C=O) groups is 1. The topological polar surface area (TPSA) is 49.3 Å². The smallest absolute Gasteiger partial charge is 0.251 e. The second-order valence-electron chi connectivity index (χ2n) is 4.93. The van der Waals surface area contributed by atoms with Crippen LogP contribution in [-0.2, 0) is 0 Å². The highest BCUT2D eigenvalue weighted by Gasteiger charge is 2.25. The number of rotatable bonds is 5. The zero-order chi connectivity index (χ0) is 13.7. The zero-order valence-corrected chi connectivity index (χ0v) is 12.1. The van der Waals surface area contributed by atoms with Crippen molar-refractivity contribution in [2.24, 2.45) is 5.92 Å². The Kier molecular flexibility index (Phi) is 5.28. The van der Waals surface area contributed by atoms with Crippen LogP contribution in [0.15, 0.2) is 29.2 Å². The molecule has 1 amide bonds. The maximum atomic E-state index is 12.0. The molecule has 1 aliphatic carbocycles. The van der Waals surface area contributed by atoms with Crippen LogP contribution < -0.4 is 5.32 Å². The molecule has 19 heavy (non-hydrogen) atoms. The Morgan fingerprint density at radius 2 is 2.11 bits per heavy atom. The zero-order valence-electron chi connectivity index (χ0n) is 11.3. The Morgan fingerprint density at radius 1 is 1.37 bits per heavy atom. The minimum absolute atomic E-state index is 0.0489. The number of benzene rings is 1. The van der Waals surface area contributed by atoms with Crippen molar-refractivity contribution in [1.82, 2.24) is 5.32 Å². The van der Waals surface area contributed by atoms with E-state index in [1.807, 2.05) is 24.3 Å². The molecule has 0 aromatic heterocycles. The van der Waals surface area contributed by atoms with Gasteiger partial charge in [-0.3, -0.25) is 4.79 Å². The normalized spacial score (nSPS) is 22.4. The summed E-state index contributed by atoms with van der Waals surface area (Å²) in [5, 5.41) is 12.6. The van der Waals surface area contributed by atoms with Crippen molar-refractivity contribution in [1.29, 1.82) is 0 Å². The second kappa shape index (κ2) is 6.96. The highest BCUT2D eigenvalue weighted by Crippen LogP contribution is 2.24. The van der Waals surface area contributed by atoms with Gasteiger partial charge in [0.05, 0.1) is 6.10 Å². The Balaban J connectivity index is 1.85. The lowest BCUT2D eigenvalue weighted by atomic mass is 10.1. The van der Waals surface area contributed by atoms with Gasteiger partial charge in [0.25, 0.3) is 5.91 Å². The number of amides is 1. The van der Waals surface area contributed by atoms with Crippen molar-refractivity contribution in [2.75, 3.05) is 12.3 Å². The van der Waals surface area contributed by atoms with Gasteiger partial charge in [-0.2, -0.15) is 0 Å². The van der Waals surface area contributed by atoms with E-state index in [1.165, 1.54) is 4.90 Å². The third-order valence-electron chi connectivity index (χ3n) is 3.57.